The number of carboxylic acids is 1. The predicted octanol–water partition coefficient (Wildman–Crippen LogP) is 0.705. The van der Waals surface area contributed by atoms with Gasteiger partial charge >= 0.3 is 5.97 Å². The van der Waals surface area contributed by atoms with E-state index in [9.17, 15) is 9.59 Å². The lowest BCUT2D eigenvalue weighted by Gasteiger charge is -2.06. The Morgan fingerprint density at radius 2 is 2.29 bits per heavy atom. The molecule has 1 N–H and O–H groups in total. The molecule has 5 heteroatoms. The van der Waals surface area contributed by atoms with Gasteiger partial charge in [0.05, 0.1) is 6.42 Å². The van der Waals surface area contributed by atoms with Gasteiger partial charge in [0.1, 0.15) is 6.54 Å². The minimum absolute atomic E-state index is 0.219. The zero-order valence-corrected chi connectivity index (χ0v) is 8.36. The van der Waals surface area contributed by atoms with E-state index in [2.05, 4.69) is 5.10 Å². The Bertz CT molecular complexity index is 284. The van der Waals surface area contributed by atoms with Gasteiger partial charge in [-0.25, -0.2) is 5.01 Å². The van der Waals surface area contributed by atoms with Gasteiger partial charge in [-0.3, -0.25) is 9.59 Å². The van der Waals surface area contributed by atoms with Crippen LogP contribution in [0.5, 0.6) is 0 Å². The second-order valence-corrected chi connectivity index (χ2v) is 3.79. The molecule has 0 saturated carbocycles. The lowest BCUT2D eigenvalue weighted by Crippen LogP contribution is -2.27. The molecule has 0 saturated heterocycles. The molecule has 0 aromatic rings. The summed E-state index contributed by atoms with van der Waals surface area (Å²) in [6.07, 6.45) is 1.02. The van der Waals surface area contributed by atoms with Gasteiger partial charge < -0.3 is 5.11 Å². The van der Waals surface area contributed by atoms with Crippen molar-refractivity contribution in [3.63, 3.8) is 0 Å². The first-order valence-electron chi connectivity index (χ1n) is 4.57. The summed E-state index contributed by atoms with van der Waals surface area (Å²) in [4.78, 5) is 21.6. The van der Waals surface area contributed by atoms with Gasteiger partial charge in [-0.05, 0) is 12.3 Å². The maximum Gasteiger partial charge on any atom is 0.325 e. The molecule has 78 valence electrons. The predicted molar refractivity (Wildman–Crippen MR) is 50.9 cm³/mol. The Labute approximate surface area is 82.4 Å². The molecule has 0 spiro atoms. The Hall–Kier alpha value is -1.39. The van der Waals surface area contributed by atoms with Gasteiger partial charge in [0.15, 0.2) is 0 Å². The van der Waals surface area contributed by atoms with E-state index in [-0.39, 0.29) is 18.9 Å². The van der Waals surface area contributed by atoms with Crippen LogP contribution < -0.4 is 0 Å². The summed E-state index contributed by atoms with van der Waals surface area (Å²) in [5, 5.41) is 13.5. The maximum atomic E-state index is 11.2. The summed E-state index contributed by atoms with van der Waals surface area (Å²) in [5.74, 6) is -0.817. The summed E-state index contributed by atoms with van der Waals surface area (Å²) in [6.45, 7) is 3.74. The molecule has 0 aromatic carbocycles. The molecule has 0 radical (unpaired) electrons. The fourth-order valence-electron chi connectivity index (χ4n) is 1.36. The van der Waals surface area contributed by atoms with E-state index in [1.165, 1.54) is 0 Å². The summed E-state index contributed by atoms with van der Waals surface area (Å²) in [6, 6.07) is 0. The molecular weight excluding hydrogens is 184 g/mol. The van der Waals surface area contributed by atoms with E-state index in [0.717, 1.165) is 17.1 Å². The lowest BCUT2D eigenvalue weighted by molar-refractivity contribution is -0.143. The molecule has 0 aliphatic carbocycles. The maximum absolute atomic E-state index is 11.2. The number of amides is 1. The Morgan fingerprint density at radius 3 is 2.79 bits per heavy atom. The third-order valence-electron chi connectivity index (χ3n) is 1.83. The second-order valence-electron chi connectivity index (χ2n) is 3.79. The fraction of sp³-hybridized carbons (Fsp3) is 0.667. The average Bonchev–Trinajstić information content (AvgIpc) is 2.28. The molecule has 1 heterocycles. The van der Waals surface area contributed by atoms with Gasteiger partial charge in [-0.1, -0.05) is 13.8 Å². The number of carboxylic acid groups (broad SMARTS) is 1. The van der Waals surface area contributed by atoms with E-state index in [0.29, 0.717) is 5.92 Å². The highest BCUT2D eigenvalue weighted by Gasteiger charge is 2.25. The minimum atomic E-state index is -1.03. The Morgan fingerprint density at radius 1 is 1.64 bits per heavy atom. The van der Waals surface area contributed by atoms with Crippen molar-refractivity contribution in [3.8, 4) is 0 Å². The van der Waals surface area contributed by atoms with E-state index >= 15 is 0 Å². The van der Waals surface area contributed by atoms with Gasteiger partial charge in [0.2, 0.25) is 5.91 Å². The number of rotatable bonds is 4. The number of nitrogens with zero attached hydrogens (tertiary/aromatic N) is 2. The van der Waals surface area contributed by atoms with Crippen molar-refractivity contribution in [1.29, 1.82) is 0 Å². The molecular formula is C9H14N2O3. The van der Waals surface area contributed by atoms with Crippen molar-refractivity contribution < 1.29 is 14.7 Å². The van der Waals surface area contributed by atoms with Crippen molar-refractivity contribution in [1.82, 2.24) is 5.01 Å². The van der Waals surface area contributed by atoms with E-state index in [4.69, 9.17) is 5.11 Å². The van der Waals surface area contributed by atoms with Crippen molar-refractivity contribution >= 4 is 17.6 Å². The Kier molecular flexibility index (Phi) is 3.22. The average molecular weight is 198 g/mol. The van der Waals surface area contributed by atoms with Crippen LogP contribution in [0.2, 0.25) is 0 Å². The quantitative estimate of drug-likeness (QED) is 0.723. The normalized spacial score (nSPS) is 16.4. The van der Waals surface area contributed by atoms with Crippen LogP contribution in [-0.4, -0.2) is 34.2 Å². The van der Waals surface area contributed by atoms with Crippen molar-refractivity contribution in [3.05, 3.63) is 0 Å². The first-order valence-corrected chi connectivity index (χ1v) is 4.57. The molecule has 1 aliphatic heterocycles. The summed E-state index contributed by atoms with van der Waals surface area (Å²) in [5.41, 5.74) is 0.784. The van der Waals surface area contributed by atoms with Crippen molar-refractivity contribution in [2.75, 3.05) is 6.54 Å². The molecule has 0 atom stereocenters. The van der Waals surface area contributed by atoms with E-state index in [1.807, 2.05) is 13.8 Å². The van der Waals surface area contributed by atoms with Crippen molar-refractivity contribution in [2.24, 2.45) is 11.0 Å². The van der Waals surface area contributed by atoms with Crippen LogP contribution >= 0.6 is 0 Å². The second kappa shape index (κ2) is 4.21. The fourth-order valence-corrected chi connectivity index (χ4v) is 1.36. The molecule has 5 nitrogen and oxygen atoms in total. The minimum Gasteiger partial charge on any atom is -0.480 e. The number of hydrazone groups is 1. The highest BCUT2D eigenvalue weighted by Crippen LogP contribution is 2.13. The van der Waals surface area contributed by atoms with Gasteiger partial charge in [-0.2, -0.15) is 5.10 Å². The first kappa shape index (κ1) is 10.7. The smallest absolute Gasteiger partial charge is 0.325 e. The van der Waals surface area contributed by atoms with Crippen LogP contribution in [0.3, 0.4) is 0 Å². The molecule has 0 bridgehead atoms. The number of carbonyl (C=O) groups excluding carboxylic acids is 1. The standard InChI is InChI=1S/C9H14N2O3/c1-6(2)3-7-4-8(12)11(10-7)5-9(13)14/h6H,3-5H2,1-2H3,(H,13,14). The number of aliphatic carboxylic acids is 1. The van der Waals surface area contributed by atoms with Crippen LogP contribution in [-0.2, 0) is 9.59 Å². The molecule has 0 unspecified atom stereocenters. The van der Waals surface area contributed by atoms with Gasteiger partial charge in [0, 0.05) is 5.71 Å². The van der Waals surface area contributed by atoms with Crippen LogP contribution in [0.15, 0.2) is 5.10 Å². The zero-order valence-electron chi connectivity index (χ0n) is 8.36. The number of hydrogen-bond acceptors (Lipinski definition) is 3. The van der Waals surface area contributed by atoms with Crippen molar-refractivity contribution in [2.45, 2.75) is 26.7 Å². The van der Waals surface area contributed by atoms with Gasteiger partial charge in [0.25, 0.3) is 0 Å². The third kappa shape index (κ3) is 2.83. The Balaban J connectivity index is 2.57. The van der Waals surface area contributed by atoms with E-state index < -0.39 is 5.97 Å². The van der Waals surface area contributed by atoms with Crippen LogP contribution in [0.4, 0.5) is 0 Å². The highest BCUT2D eigenvalue weighted by atomic mass is 16.4. The van der Waals surface area contributed by atoms with Crippen LogP contribution in [0, 0.1) is 5.92 Å². The molecule has 0 fully saturated rings. The summed E-state index contributed by atoms with van der Waals surface area (Å²) < 4.78 is 0. The molecule has 1 amide bonds. The first-order chi connectivity index (χ1) is 6.49. The number of carbonyl (C=O) groups is 2. The number of hydrogen-bond donors (Lipinski definition) is 1. The SMILES string of the molecule is CC(C)CC1=NN(CC(=O)O)C(=O)C1. The third-order valence-corrected chi connectivity index (χ3v) is 1.83. The van der Waals surface area contributed by atoms with E-state index in [1.54, 1.807) is 0 Å². The lowest BCUT2D eigenvalue weighted by atomic mass is 10.1. The van der Waals surface area contributed by atoms with Gasteiger partial charge in [-0.15, -0.1) is 0 Å². The highest BCUT2D eigenvalue weighted by molar-refractivity contribution is 6.05. The summed E-state index contributed by atoms with van der Waals surface area (Å²) in [7, 11) is 0. The largest absolute Gasteiger partial charge is 0.480 e. The molecule has 14 heavy (non-hydrogen) atoms. The monoisotopic (exact) mass is 198 g/mol. The molecule has 1 aliphatic rings. The van der Waals surface area contributed by atoms with Crippen LogP contribution in [0.1, 0.15) is 26.7 Å². The zero-order chi connectivity index (χ0) is 10.7. The topological polar surface area (TPSA) is 70.0 Å². The molecule has 0 aromatic heterocycles. The molecule has 1 rings (SSSR count). The van der Waals surface area contributed by atoms with Crippen LogP contribution in [0.25, 0.3) is 0 Å². The summed E-state index contributed by atoms with van der Waals surface area (Å²) >= 11 is 0.